The van der Waals surface area contributed by atoms with Crippen LogP contribution in [0.1, 0.15) is 12.0 Å². The summed E-state index contributed by atoms with van der Waals surface area (Å²) in [5.74, 6) is -0.194. The van der Waals surface area contributed by atoms with Crippen molar-refractivity contribution in [1.29, 1.82) is 0 Å². The van der Waals surface area contributed by atoms with Gasteiger partial charge in [0.05, 0.1) is 7.11 Å². The third-order valence-electron chi connectivity index (χ3n) is 2.23. The summed E-state index contributed by atoms with van der Waals surface area (Å²) in [4.78, 5) is 10.5. The summed E-state index contributed by atoms with van der Waals surface area (Å²) in [6, 6.07) is 6.72. The zero-order valence-electron chi connectivity index (χ0n) is 9.05. The number of rotatable bonds is 5. The quantitative estimate of drug-likeness (QED) is 0.824. The van der Waals surface area contributed by atoms with Gasteiger partial charge in [0, 0.05) is 0 Å². The van der Waals surface area contributed by atoms with Gasteiger partial charge in [-0.2, -0.15) is 0 Å². The molecule has 0 aliphatic carbocycles. The van der Waals surface area contributed by atoms with Crippen molar-refractivity contribution in [2.45, 2.75) is 18.9 Å². The molecule has 0 aromatic heterocycles. The molecule has 3 N–H and O–H groups in total. The molecule has 0 bridgehead atoms. The third kappa shape index (κ3) is 4.08. The lowest BCUT2D eigenvalue weighted by Crippen LogP contribution is -2.30. The van der Waals surface area contributed by atoms with Gasteiger partial charge in [0.15, 0.2) is 0 Å². The lowest BCUT2D eigenvalue weighted by atomic mass is 10.1. The summed E-state index contributed by atoms with van der Waals surface area (Å²) < 4.78 is 5.15. The van der Waals surface area contributed by atoms with Crippen LogP contribution in [0.2, 0.25) is 0 Å². The molecule has 4 nitrogen and oxygen atoms in total. The number of halogens is 1. The van der Waals surface area contributed by atoms with Gasteiger partial charge >= 0.3 is 5.97 Å². The van der Waals surface area contributed by atoms with Gasteiger partial charge in [-0.05, 0) is 24.5 Å². The fourth-order valence-electron chi connectivity index (χ4n) is 1.34. The number of nitrogens with two attached hydrogens (primary N) is 1. The van der Waals surface area contributed by atoms with E-state index in [0.29, 0.717) is 12.8 Å². The van der Waals surface area contributed by atoms with Gasteiger partial charge in [-0.25, -0.2) is 0 Å². The Balaban J connectivity index is 0.00000225. The molecule has 0 aliphatic rings. The highest BCUT2D eigenvalue weighted by molar-refractivity contribution is 5.85. The topological polar surface area (TPSA) is 72.5 Å². The van der Waals surface area contributed by atoms with Crippen molar-refractivity contribution in [2.24, 2.45) is 5.73 Å². The molecule has 0 amide bonds. The Morgan fingerprint density at radius 2 is 2.12 bits per heavy atom. The second kappa shape index (κ2) is 7.09. The molecule has 1 aromatic rings. The van der Waals surface area contributed by atoms with Crippen LogP contribution in [-0.4, -0.2) is 24.2 Å². The standard InChI is InChI=1S/C11H15NO3.ClH/c1-15-10-5-3-2-4-8(10)6-7-9(12)11(13)14;/h2-5,9H,6-7,12H2,1H3,(H,13,14);1H/t9-;/m0./s1. The average Bonchev–Trinajstić information content (AvgIpc) is 2.26. The van der Waals surface area contributed by atoms with E-state index in [9.17, 15) is 4.79 Å². The lowest BCUT2D eigenvalue weighted by molar-refractivity contribution is -0.138. The Kier molecular flexibility index (Phi) is 6.53. The van der Waals surface area contributed by atoms with E-state index >= 15 is 0 Å². The van der Waals surface area contributed by atoms with E-state index in [0.717, 1.165) is 11.3 Å². The number of carboxylic acids is 1. The van der Waals surface area contributed by atoms with Gasteiger partial charge in [-0.1, -0.05) is 18.2 Å². The maximum atomic E-state index is 10.5. The maximum Gasteiger partial charge on any atom is 0.320 e. The first-order valence-electron chi connectivity index (χ1n) is 4.75. The highest BCUT2D eigenvalue weighted by Crippen LogP contribution is 2.19. The van der Waals surface area contributed by atoms with Gasteiger partial charge < -0.3 is 15.6 Å². The van der Waals surface area contributed by atoms with E-state index in [2.05, 4.69) is 0 Å². The Labute approximate surface area is 101 Å². The minimum Gasteiger partial charge on any atom is -0.496 e. The van der Waals surface area contributed by atoms with Gasteiger partial charge in [-0.15, -0.1) is 12.4 Å². The molecular formula is C11H16ClNO3. The second-order valence-electron chi connectivity index (χ2n) is 3.30. The van der Waals surface area contributed by atoms with E-state index < -0.39 is 12.0 Å². The SMILES string of the molecule is COc1ccccc1CC[C@H](N)C(=O)O.Cl. The molecule has 5 heteroatoms. The van der Waals surface area contributed by atoms with Crippen LogP contribution < -0.4 is 10.5 Å². The number of hydrogen-bond donors (Lipinski definition) is 2. The molecule has 0 saturated heterocycles. The minimum absolute atomic E-state index is 0. The van der Waals surface area contributed by atoms with Crippen molar-refractivity contribution in [3.63, 3.8) is 0 Å². The number of methoxy groups -OCH3 is 1. The summed E-state index contributed by atoms with van der Waals surface area (Å²) in [6.45, 7) is 0. The number of aryl methyl sites for hydroxylation is 1. The number of carboxylic acid groups (broad SMARTS) is 1. The molecule has 1 atom stereocenters. The highest BCUT2D eigenvalue weighted by Gasteiger charge is 2.12. The Bertz CT molecular complexity index is 344. The molecule has 1 aromatic carbocycles. The van der Waals surface area contributed by atoms with Crippen LogP contribution in [0.25, 0.3) is 0 Å². The third-order valence-corrected chi connectivity index (χ3v) is 2.23. The lowest BCUT2D eigenvalue weighted by Gasteiger charge is -2.09. The fourth-order valence-corrected chi connectivity index (χ4v) is 1.34. The van der Waals surface area contributed by atoms with Crippen LogP contribution in [0.4, 0.5) is 0 Å². The van der Waals surface area contributed by atoms with Crippen LogP contribution in [0.15, 0.2) is 24.3 Å². The molecule has 0 radical (unpaired) electrons. The van der Waals surface area contributed by atoms with Crippen molar-refractivity contribution >= 4 is 18.4 Å². The smallest absolute Gasteiger partial charge is 0.320 e. The van der Waals surface area contributed by atoms with Crippen LogP contribution in [0.3, 0.4) is 0 Å². The fraction of sp³-hybridized carbons (Fsp3) is 0.364. The number of carbonyl (C=O) groups is 1. The number of para-hydroxylation sites is 1. The molecular weight excluding hydrogens is 230 g/mol. The van der Waals surface area contributed by atoms with Crippen molar-refractivity contribution in [3.8, 4) is 5.75 Å². The molecule has 0 unspecified atom stereocenters. The number of hydrogen-bond acceptors (Lipinski definition) is 3. The van der Waals surface area contributed by atoms with Gasteiger partial charge in [0.2, 0.25) is 0 Å². The Morgan fingerprint density at radius 1 is 1.50 bits per heavy atom. The Morgan fingerprint density at radius 3 is 2.69 bits per heavy atom. The molecule has 0 aliphatic heterocycles. The molecule has 16 heavy (non-hydrogen) atoms. The van der Waals surface area contributed by atoms with Crippen LogP contribution in [0.5, 0.6) is 5.75 Å². The molecule has 0 heterocycles. The average molecular weight is 246 g/mol. The Hall–Kier alpha value is -1.26. The van der Waals surface area contributed by atoms with Crippen molar-refractivity contribution in [1.82, 2.24) is 0 Å². The predicted molar refractivity (Wildman–Crippen MR) is 64.2 cm³/mol. The summed E-state index contributed by atoms with van der Waals surface area (Å²) in [5.41, 5.74) is 6.40. The minimum atomic E-state index is -0.968. The highest BCUT2D eigenvalue weighted by atomic mass is 35.5. The molecule has 0 fully saturated rings. The van der Waals surface area contributed by atoms with E-state index in [1.54, 1.807) is 7.11 Å². The number of ether oxygens (including phenoxy) is 1. The van der Waals surface area contributed by atoms with Crippen LogP contribution in [-0.2, 0) is 11.2 Å². The summed E-state index contributed by atoms with van der Waals surface area (Å²) in [5, 5.41) is 8.63. The summed E-state index contributed by atoms with van der Waals surface area (Å²) >= 11 is 0. The largest absolute Gasteiger partial charge is 0.496 e. The zero-order valence-corrected chi connectivity index (χ0v) is 9.87. The molecule has 90 valence electrons. The van der Waals surface area contributed by atoms with Crippen molar-refractivity contribution in [3.05, 3.63) is 29.8 Å². The normalized spacial score (nSPS) is 11.4. The van der Waals surface area contributed by atoms with Crippen LogP contribution in [0, 0.1) is 0 Å². The van der Waals surface area contributed by atoms with Crippen molar-refractivity contribution in [2.75, 3.05) is 7.11 Å². The maximum absolute atomic E-state index is 10.5. The van der Waals surface area contributed by atoms with Crippen LogP contribution >= 0.6 is 12.4 Å². The van der Waals surface area contributed by atoms with E-state index in [1.165, 1.54) is 0 Å². The predicted octanol–water partition coefficient (Wildman–Crippen LogP) is 1.46. The summed E-state index contributed by atoms with van der Waals surface area (Å²) in [7, 11) is 1.59. The second-order valence-corrected chi connectivity index (χ2v) is 3.30. The zero-order chi connectivity index (χ0) is 11.3. The molecule has 0 spiro atoms. The van der Waals surface area contributed by atoms with Gasteiger partial charge in [-0.3, -0.25) is 4.79 Å². The first-order chi connectivity index (χ1) is 7.15. The van der Waals surface area contributed by atoms with Gasteiger partial charge in [0.1, 0.15) is 11.8 Å². The van der Waals surface area contributed by atoms with E-state index in [1.807, 2.05) is 24.3 Å². The molecule has 1 rings (SSSR count). The first-order valence-corrected chi connectivity index (χ1v) is 4.75. The summed E-state index contributed by atoms with van der Waals surface area (Å²) in [6.07, 6.45) is 1.02. The van der Waals surface area contributed by atoms with E-state index in [-0.39, 0.29) is 12.4 Å². The van der Waals surface area contributed by atoms with E-state index in [4.69, 9.17) is 15.6 Å². The number of aliphatic carboxylic acids is 1. The molecule has 0 saturated carbocycles. The van der Waals surface area contributed by atoms with Crippen molar-refractivity contribution < 1.29 is 14.6 Å². The monoisotopic (exact) mass is 245 g/mol. The van der Waals surface area contributed by atoms with Gasteiger partial charge in [0.25, 0.3) is 0 Å². The first kappa shape index (κ1) is 14.7. The number of benzene rings is 1.